The average molecular weight is 635 g/mol. The first kappa shape index (κ1) is 33.3. The van der Waals surface area contributed by atoms with Crippen molar-refractivity contribution < 1.29 is 49.7 Å². The summed E-state index contributed by atoms with van der Waals surface area (Å²) >= 11 is 0. The maximum Gasteiger partial charge on any atom is 0.310 e. The quantitative estimate of drug-likeness (QED) is 0.193. The lowest BCUT2D eigenvalue weighted by atomic mass is 9.33. The molecule has 4 saturated carbocycles. The zero-order chi connectivity index (χ0) is 33.0. The maximum atomic E-state index is 12.9. The molecule has 0 aromatic rings. The fourth-order valence-corrected chi connectivity index (χ4v) is 11.9. The Kier molecular flexibility index (Phi) is 7.95. The van der Waals surface area contributed by atoms with Crippen molar-refractivity contribution in [2.45, 2.75) is 130 Å². The van der Waals surface area contributed by atoms with Gasteiger partial charge in [-0.05, 0) is 105 Å². The van der Waals surface area contributed by atoms with Crippen molar-refractivity contribution in [1.82, 2.24) is 0 Å². The summed E-state index contributed by atoms with van der Waals surface area (Å²) in [4.78, 5) is 25.3. The molecule has 0 amide bonds. The molecule has 254 valence electrons. The van der Waals surface area contributed by atoms with E-state index in [0.29, 0.717) is 32.1 Å². The van der Waals surface area contributed by atoms with Gasteiger partial charge in [0.15, 0.2) is 6.29 Å². The molecule has 0 spiro atoms. The van der Waals surface area contributed by atoms with Crippen LogP contribution in [-0.2, 0) is 19.1 Å². The number of allylic oxidation sites excluding steroid dienone is 2. The number of carbonyl (C=O) groups is 2. The molecule has 0 aromatic heterocycles. The molecule has 10 nitrogen and oxygen atoms in total. The predicted octanol–water partition coefficient (Wildman–Crippen LogP) is 3.73. The minimum absolute atomic E-state index is 0.105. The van der Waals surface area contributed by atoms with Crippen LogP contribution in [0, 0.1) is 50.2 Å². The van der Waals surface area contributed by atoms with Crippen molar-refractivity contribution in [2.24, 2.45) is 50.2 Å². The van der Waals surface area contributed by atoms with Crippen LogP contribution < -0.4 is 0 Å². The highest BCUT2D eigenvalue weighted by atomic mass is 16.7. The van der Waals surface area contributed by atoms with E-state index < -0.39 is 58.9 Å². The lowest BCUT2D eigenvalue weighted by Crippen LogP contribution is -2.66. The third kappa shape index (κ3) is 4.41. The topological polar surface area (TPSA) is 174 Å². The Morgan fingerprint density at radius 3 is 2.22 bits per heavy atom. The minimum atomic E-state index is -1.39. The van der Waals surface area contributed by atoms with Crippen molar-refractivity contribution in [3.05, 3.63) is 11.6 Å². The van der Waals surface area contributed by atoms with Crippen molar-refractivity contribution >= 4 is 11.9 Å². The van der Waals surface area contributed by atoms with Gasteiger partial charge in [0.1, 0.15) is 18.3 Å². The lowest BCUT2D eigenvalue weighted by Gasteiger charge is -2.71. The van der Waals surface area contributed by atoms with Crippen LogP contribution in [0.3, 0.4) is 0 Å². The largest absolute Gasteiger partial charge is 0.481 e. The highest BCUT2D eigenvalue weighted by molar-refractivity contribution is 5.79. The summed E-state index contributed by atoms with van der Waals surface area (Å²) in [5.41, 5.74) is -1.92. The molecule has 10 heteroatoms. The number of carboxylic acid groups (broad SMARTS) is 2. The molecule has 10 unspecified atom stereocenters. The predicted molar refractivity (Wildman–Crippen MR) is 163 cm³/mol. The van der Waals surface area contributed by atoms with Gasteiger partial charge in [-0.25, -0.2) is 0 Å². The van der Waals surface area contributed by atoms with Crippen molar-refractivity contribution in [2.75, 3.05) is 13.2 Å². The zero-order valence-electron chi connectivity index (χ0n) is 27.5. The molecule has 45 heavy (non-hydrogen) atoms. The first-order valence-electron chi connectivity index (χ1n) is 17.0. The second-order valence-electron chi connectivity index (χ2n) is 17.0. The van der Waals surface area contributed by atoms with Gasteiger partial charge in [0, 0.05) is 5.41 Å². The van der Waals surface area contributed by atoms with E-state index in [1.165, 1.54) is 0 Å². The van der Waals surface area contributed by atoms with Gasteiger partial charge < -0.3 is 40.1 Å². The van der Waals surface area contributed by atoms with Gasteiger partial charge in [-0.2, -0.15) is 0 Å². The molecule has 1 saturated heterocycles. The first-order chi connectivity index (χ1) is 20.9. The van der Waals surface area contributed by atoms with Gasteiger partial charge in [-0.1, -0.05) is 39.3 Å². The van der Waals surface area contributed by atoms with E-state index >= 15 is 0 Å². The monoisotopic (exact) mass is 634 g/mol. The number of fused-ring (bicyclic) bond motifs is 7. The summed E-state index contributed by atoms with van der Waals surface area (Å²) in [6, 6.07) is 0. The number of carboxylic acids is 2. The van der Waals surface area contributed by atoms with Crippen molar-refractivity contribution in [3.8, 4) is 0 Å². The smallest absolute Gasteiger partial charge is 0.310 e. The molecule has 6 aliphatic rings. The molecule has 0 bridgehead atoms. The van der Waals surface area contributed by atoms with Gasteiger partial charge in [0.05, 0.1) is 30.1 Å². The fraction of sp³-hybridized carbons (Fsp3) is 0.886. The Hall–Kier alpha value is -1.56. The molecule has 5 fully saturated rings. The standard InChI is InChI=1S/C35H54O10/c1-30(28(40)41)12-14-35(29(42)43)15-13-33(4)19(20(35)16-30)6-7-23-31(2)10-9-24(45-27-26(39)25(38)21(37)17-44-27)32(3,18-36)22(31)8-11-34(23,33)5/h6,20-27,36-39H,7-18H2,1-5H3,(H,40,41)(H,42,43)/t20?,21-,22?,23?,24?,25-,26-,27+,30?,31?,32?,33?,34?,35?/m1/s1. The van der Waals surface area contributed by atoms with Crippen LogP contribution in [0.1, 0.15) is 98.8 Å². The number of hydrogen-bond donors (Lipinski definition) is 6. The van der Waals surface area contributed by atoms with Crippen LogP contribution in [0.4, 0.5) is 0 Å². The van der Waals surface area contributed by atoms with Crippen LogP contribution in [0.5, 0.6) is 0 Å². The number of aliphatic hydroxyl groups is 4. The average Bonchev–Trinajstić information content (AvgIpc) is 2.98. The van der Waals surface area contributed by atoms with E-state index in [1.807, 2.05) is 0 Å². The lowest BCUT2D eigenvalue weighted by molar-refractivity contribution is -0.312. The normalized spacial score (nSPS) is 54.5. The van der Waals surface area contributed by atoms with Crippen LogP contribution in [0.2, 0.25) is 0 Å². The molecule has 5 aliphatic carbocycles. The van der Waals surface area contributed by atoms with Gasteiger partial charge in [-0.3, -0.25) is 9.59 Å². The summed E-state index contributed by atoms with van der Waals surface area (Å²) in [5, 5.41) is 62.5. The number of hydrogen-bond acceptors (Lipinski definition) is 8. The van der Waals surface area contributed by atoms with Crippen LogP contribution in [0.15, 0.2) is 11.6 Å². The van der Waals surface area contributed by atoms with E-state index in [9.17, 15) is 40.2 Å². The van der Waals surface area contributed by atoms with Gasteiger partial charge in [-0.15, -0.1) is 0 Å². The molecular formula is C35H54O10. The maximum absolute atomic E-state index is 12.9. The van der Waals surface area contributed by atoms with E-state index in [-0.39, 0.29) is 47.2 Å². The SMILES string of the molecule is CC1(C(=O)O)CCC2(C(=O)O)CCC3(C)C(=CCC4C5(C)CCC(O[C@@H]6OC[C@@H](O)[C@@H](O)[C@H]6O)C(C)(CO)C5CCC43C)C2C1. The zero-order valence-corrected chi connectivity index (χ0v) is 27.5. The van der Waals surface area contributed by atoms with Crippen LogP contribution >= 0.6 is 0 Å². The highest BCUT2D eigenvalue weighted by Gasteiger charge is 2.70. The van der Waals surface area contributed by atoms with E-state index in [4.69, 9.17) is 9.47 Å². The summed E-state index contributed by atoms with van der Waals surface area (Å²) in [5.74, 6) is -1.58. The summed E-state index contributed by atoms with van der Waals surface area (Å²) in [7, 11) is 0. The highest BCUT2D eigenvalue weighted by Crippen LogP contribution is 2.76. The second-order valence-corrected chi connectivity index (χ2v) is 17.0. The van der Waals surface area contributed by atoms with E-state index in [1.54, 1.807) is 6.92 Å². The Labute approximate surface area is 266 Å². The number of aliphatic carboxylic acids is 2. The van der Waals surface area contributed by atoms with Gasteiger partial charge in [0.2, 0.25) is 0 Å². The fourth-order valence-electron chi connectivity index (χ4n) is 11.9. The van der Waals surface area contributed by atoms with Crippen molar-refractivity contribution in [3.63, 3.8) is 0 Å². The Morgan fingerprint density at radius 1 is 0.889 bits per heavy atom. The Morgan fingerprint density at radius 2 is 1.58 bits per heavy atom. The summed E-state index contributed by atoms with van der Waals surface area (Å²) < 4.78 is 11.9. The van der Waals surface area contributed by atoms with Crippen molar-refractivity contribution in [1.29, 1.82) is 0 Å². The third-order valence-electron chi connectivity index (χ3n) is 15.2. The van der Waals surface area contributed by atoms with Crippen LogP contribution in [0.25, 0.3) is 0 Å². The first-order valence-corrected chi connectivity index (χ1v) is 17.0. The van der Waals surface area contributed by atoms with E-state index in [2.05, 4.69) is 33.8 Å². The second kappa shape index (κ2) is 10.7. The van der Waals surface area contributed by atoms with Gasteiger partial charge in [0.25, 0.3) is 0 Å². The molecule has 0 aromatic carbocycles. The molecule has 0 radical (unpaired) electrons. The Balaban J connectivity index is 1.33. The van der Waals surface area contributed by atoms with Crippen LogP contribution in [-0.4, -0.2) is 86.5 Å². The third-order valence-corrected chi connectivity index (χ3v) is 15.2. The summed E-state index contributed by atoms with van der Waals surface area (Å²) in [6.45, 7) is 10.6. The molecule has 1 aliphatic heterocycles. The number of rotatable bonds is 5. The number of aliphatic hydroxyl groups excluding tert-OH is 4. The molecule has 6 rings (SSSR count). The molecule has 6 N–H and O–H groups in total. The molecule has 1 heterocycles. The minimum Gasteiger partial charge on any atom is -0.481 e. The number of ether oxygens (including phenoxy) is 2. The Bertz CT molecular complexity index is 1250. The molecular weight excluding hydrogens is 580 g/mol. The summed E-state index contributed by atoms with van der Waals surface area (Å²) in [6.07, 6.45) is 3.24. The molecule has 14 atom stereocenters. The van der Waals surface area contributed by atoms with E-state index in [0.717, 1.165) is 37.7 Å². The van der Waals surface area contributed by atoms with Gasteiger partial charge >= 0.3 is 11.9 Å².